The zero-order chi connectivity index (χ0) is 5.54. The van der Waals surface area contributed by atoms with Crippen LogP contribution in [0.3, 0.4) is 0 Å². The van der Waals surface area contributed by atoms with Crippen LogP contribution in [0.25, 0.3) is 0 Å². The average molecular weight is 102 g/mol. The minimum absolute atomic E-state index is 0.0833. The smallest absolute Gasteiger partial charge is 0.0946 e. The summed E-state index contributed by atoms with van der Waals surface area (Å²) in [6.45, 7) is 1.42. The van der Waals surface area contributed by atoms with Crippen LogP contribution in [0.2, 0.25) is 0 Å². The van der Waals surface area contributed by atoms with Crippen molar-refractivity contribution in [1.29, 1.82) is 0 Å². The summed E-state index contributed by atoms with van der Waals surface area (Å²) < 4.78 is 0. The van der Waals surface area contributed by atoms with Crippen molar-refractivity contribution in [2.45, 2.75) is 0 Å². The van der Waals surface area contributed by atoms with Crippen molar-refractivity contribution in [1.82, 2.24) is 11.1 Å². The number of hydrogen-bond donors (Lipinski definition) is 1. The largest absolute Gasteiger partial charge is 0.313 e. The molecule has 0 aliphatic rings. The maximum absolute atomic E-state index is 9.68. The van der Waals surface area contributed by atoms with E-state index >= 15 is 0 Å². The molecule has 0 amide bonds. The molecule has 0 aliphatic carbocycles. The quantitative estimate of drug-likeness (QED) is 0.468. The molecule has 3 heteroatoms. The van der Waals surface area contributed by atoms with Crippen LogP contribution in [0, 0.1) is 0 Å². The van der Waals surface area contributed by atoms with Gasteiger partial charge in [0, 0.05) is 19.6 Å². The lowest BCUT2D eigenvalue weighted by molar-refractivity contribution is 0.194. The summed E-state index contributed by atoms with van der Waals surface area (Å²) in [5, 5.41) is 12.5. The van der Waals surface area contributed by atoms with Gasteiger partial charge in [-0.15, -0.1) is 0 Å². The third-order valence-electron chi connectivity index (χ3n) is 0.581. The first-order valence-corrected chi connectivity index (χ1v) is 2.35. The van der Waals surface area contributed by atoms with Gasteiger partial charge in [0.05, 0.1) is 6.61 Å². The Hall–Kier alpha value is -0.120. The molecule has 0 saturated heterocycles. The Morgan fingerprint density at radius 1 is 1.43 bits per heavy atom. The summed E-state index contributed by atoms with van der Waals surface area (Å²) in [5.41, 5.74) is 6.62. The molecule has 42 valence electrons. The van der Waals surface area contributed by atoms with Crippen molar-refractivity contribution in [2.75, 3.05) is 26.2 Å². The molecule has 0 rings (SSSR count). The average Bonchev–Trinajstić information content (AvgIpc) is 1.69. The summed E-state index contributed by atoms with van der Waals surface area (Å²) in [4.78, 5) is 0. The second-order valence-corrected chi connectivity index (χ2v) is 1.20. The lowest BCUT2D eigenvalue weighted by Crippen LogP contribution is -2.21. The fourth-order valence-electron chi connectivity index (χ4n) is 0.286. The second kappa shape index (κ2) is 5.88. The SMILES string of the molecule is [NH]CCNCC[O]. The van der Waals surface area contributed by atoms with Gasteiger partial charge in [0.25, 0.3) is 0 Å². The summed E-state index contributed by atoms with van der Waals surface area (Å²) >= 11 is 0. The highest BCUT2D eigenvalue weighted by atomic mass is 16.3. The standard InChI is InChI=1S/C4H10N2O/c5-1-2-6-3-4-7/h5-6H,1-4H2. The molecule has 0 aliphatic heterocycles. The Morgan fingerprint density at radius 2 is 2.14 bits per heavy atom. The van der Waals surface area contributed by atoms with E-state index < -0.39 is 0 Å². The highest BCUT2D eigenvalue weighted by molar-refractivity contribution is 4.42. The van der Waals surface area contributed by atoms with Gasteiger partial charge in [0.1, 0.15) is 0 Å². The zero-order valence-corrected chi connectivity index (χ0v) is 4.24. The molecule has 0 saturated carbocycles. The van der Waals surface area contributed by atoms with Gasteiger partial charge in [-0.05, 0) is 0 Å². The topological polar surface area (TPSA) is 55.7 Å². The molecule has 0 heterocycles. The Kier molecular flexibility index (Phi) is 5.78. The molecule has 0 fully saturated rings. The lowest BCUT2D eigenvalue weighted by Gasteiger charge is -1.93. The van der Waals surface area contributed by atoms with Crippen LogP contribution in [0.4, 0.5) is 0 Å². The minimum Gasteiger partial charge on any atom is -0.313 e. The van der Waals surface area contributed by atoms with Crippen LogP contribution >= 0.6 is 0 Å². The van der Waals surface area contributed by atoms with Gasteiger partial charge in [-0.25, -0.2) is 5.11 Å². The third kappa shape index (κ3) is 5.88. The van der Waals surface area contributed by atoms with Crippen LogP contribution in [0.15, 0.2) is 0 Å². The summed E-state index contributed by atoms with van der Waals surface area (Å²) in [5.74, 6) is 0. The summed E-state index contributed by atoms with van der Waals surface area (Å²) in [6, 6.07) is 0. The molecule has 3 nitrogen and oxygen atoms in total. The van der Waals surface area contributed by atoms with E-state index in [4.69, 9.17) is 5.73 Å². The van der Waals surface area contributed by atoms with Crippen LogP contribution in [-0.2, 0) is 5.11 Å². The van der Waals surface area contributed by atoms with E-state index in [0.717, 1.165) is 0 Å². The molecule has 0 unspecified atom stereocenters. The van der Waals surface area contributed by atoms with Crippen LogP contribution in [0.5, 0.6) is 0 Å². The number of nitrogens with one attached hydrogen (secondary N) is 2. The first-order chi connectivity index (χ1) is 3.41. The van der Waals surface area contributed by atoms with Crippen LogP contribution in [0.1, 0.15) is 0 Å². The second-order valence-electron chi connectivity index (χ2n) is 1.20. The molecular weight excluding hydrogens is 92.1 g/mol. The van der Waals surface area contributed by atoms with E-state index in [9.17, 15) is 5.11 Å². The van der Waals surface area contributed by atoms with Crippen molar-refractivity contribution in [3.8, 4) is 0 Å². The predicted octanol–water partition coefficient (Wildman–Crippen LogP) is -0.711. The van der Waals surface area contributed by atoms with Gasteiger partial charge in [0.2, 0.25) is 0 Å². The fourth-order valence-corrected chi connectivity index (χ4v) is 0.286. The molecule has 0 atom stereocenters. The van der Waals surface area contributed by atoms with Crippen molar-refractivity contribution in [2.24, 2.45) is 0 Å². The molecule has 0 spiro atoms. The van der Waals surface area contributed by atoms with Gasteiger partial charge < -0.3 is 5.32 Å². The number of rotatable bonds is 4. The van der Waals surface area contributed by atoms with Crippen LogP contribution < -0.4 is 11.1 Å². The molecule has 0 aromatic rings. The fraction of sp³-hybridized carbons (Fsp3) is 1.00. The predicted molar refractivity (Wildman–Crippen MR) is 26.4 cm³/mol. The minimum atomic E-state index is -0.0833. The van der Waals surface area contributed by atoms with E-state index in [1.54, 1.807) is 0 Å². The van der Waals surface area contributed by atoms with Gasteiger partial charge in [0.15, 0.2) is 0 Å². The Bertz CT molecular complexity index is 28.9. The van der Waals surface area contributed by atoms with Crippen molar-refractivity contribution in [3.05, 3.63) is 0 Å². The highest BCUT2D eigenvalue weighted by Crippen LogP contribution is 1.54. The number of hydrogen-bond acceptors (Lipinski definition) is 1. The first kappa shape index (κ1) is 6.88. The molecule has 0 aromatic heterocycles. The van der Waals surface area contributed by atoms with Gasteiger partial charge >= 0.3 is 0 Å². The summed E-state index contributed by atoms with van der Waals surface area (Å²) in [6.07, 6.45) is 0. The molecule has 2 N–H and O–H groups in total. The monoisotopic (exact) mass is 102 g/mol. The zero-order valence-electron chi connectivity index (χ0n) is 4.24. The van der Waals surface area contributed by atoms with Crippen molar-refractivity contribution in [3.63, 3.8) is 0 Å². The summed E-state index contributed by atoms with van der Waals surface area (Å²) in [7, 11) is 0. The first-order valence-electron chi connectivity index (χ1n) is 2.35. The van der Waals surface area contributed by atoms with Crippen molar-refractivity contribution >= 4 is 0 Å². The Labute approximate surface area is 43.5 Å². The Balaban J connectivity index is 2.45. The molecule has 2 radical (unpaired) electrons. The third-order valence-corrected chi connectivity index (χ3v) is 0.581. The molecular formula is C4H10N2O. The van der Waals surface area contributed by atoms with Gasteiger partial charge in [-0.2, -0.15) is 0 Å². The van der Waals surface area contributed by atoms with E-state index in [2.05, 4.69) is 5.32 Å². The van der Waals surface area contributed by atoms with Gasteiger partial charge in [-0.3, -0.25) is 5.73 Å². The van der Waals surface area contributed by atoms with Crippen molar-refractivity contribution < 1.29 is 5.11 Å². The Morgan fingerprint density at radius 3 is 2.57 bits per heavy atom. The van der Waals surface area contributed by atoms with E-state index in [1.807, 2.05) is 0 Å². The van der Waals surface area contributed by atoms with Gasteiger partial charge in [-0.1, -0.05) is 0 Å². The van der Waals surface area contributed by atoms with E-state index in [1.165, 1.54) is 0 Å². The molecule has 0 bridgehead atoms. The molecule has 7 heavy (non-hydrogen) atoms. The maximum Gasteiger partial charge on any atom is 0.0946 e. The van der Waals surface area contributed by atoms with E-state index in [-0.39, 0.29) is 6.61 Å². The normalized spacial score (nSPS) is 9.43. The lowest BCUT2D eigenvalue weighted by atomic mass is 10.6. The molecule has 0 aromatic carbocycles. The van der Waals surface area contributed by atoms with Crippen LogP contribution in [-0.4, -0.2) is 26.2 Å². The maximum atomic E-state index is 9.68. The highest BCUT2D eigenvalue weighted by Gasteiger charge is 1.79. The van der Waals surface area contributed by atoms with E-state index in [0.29, 0.717) is 19.6 Å².